The summed E-state index contributed by atoms with van der Waals surface area (Å²) in [6.45, 7) is 5.69. The molecular formula is C11H15N3O. The summed E-state index contributed by atoms with van der Waals surface area (Å²) < 4.78 is 0. The molecule has 0 aliphatic heterocycles. The van der Waals surface area contributed by atoms with E-state index in [-0.39, 0.29) is 6.61 Å². The highest BCUT2D eigenvalue weighted by Crippen LogP contribution is 2.16. The summed E-state index contributed by atoms with van der Waals surface area (Å²) in [5.41, 5.74) is 1.74. The Morgan fingerprint density at radius 2 is 2.13 bits per heavy atom. The molecule has 0 fully saturated rings. The molecule has 1 rings (SSSR count). The first-order chi connectivity index (χ1) is 7.08. The smallest absolute Gasteiger partial charge is 0.148 e. The van der Waals surface area contributed by atoms with Crippen LogP contribution in [0.3, 0.4) is 0 Å². The lowest BCUT2D eigenvalue weighted by Gasteiger charge is -2.10. The highest BCUT2D eigenvalue weighted by molar-refractivity contribution is 5.18. The molecule has 1 N–H and O–H groups in total. The lowest BCUT2D eigenvalue weighted by atomic mass is 10.1. The van der Waals surface area contributed by atoms with E-state index in [4.69, 9.17) is 10.4 Å². The van der Waals surface area contributed by atoms with Crippen LogP contribution in [0.15, 0.2) is 6.07 Å². The van der Waals surface area contributed by atoms with Crippen LogP contribution < -0.4 is 0 Å². The largest absolute Gasteiger partial charge is 0.395 e. The first-order valence-corrected chi connectivity index (χ1v) is 4.94. The lowest BCUT2D eigenvalue weighted by molar-refractivity contribution is 0.282. The van der Waals surface area contributed by atoms with Crippen molar-refractivity contribution < 1.29 is 5.11 Å². The maximum atomic E-state index is 9.00. The molecule has 1 atom stereocenters. The van der Waals surface area contributed by atoms with Gasteiger partial charge in [-0.15, -0.1) is 0 Å². The molecule has 0 saturated heterocycles. The topological polar surface area (TPSA) is 69.8 Å². The van der Waals surface area contributed by atoms with E-state index in [1.807, 2.05) is 32.9 Å². The van der Waals surface area contributed by atoms with Crippen LogP contribution in [-0.4, -0.2) is 21.7 Å². The zero-order chi connectivity index (χ0) is 11.4. The fraction of sp³-hybridized carbons (Fsp3) is 0.545. The van der Waals surface area contributed by atoms with Crippen LogP contribution in [0.1, 0.15) is 42.9 Å². The van der Waals surface area contributed by atoms with Gasteiger partial charge in [-0.2, -0.15) is 5.26 Å². The third kappa shape index (κ3) is 2.74. The molecule has 0 aliphatic carbocycles. The van der Waals surface area contributed by atoms with E-state index in [1.165, 1.54) is 0 Å². The molecule has 0 aliphatic rings. The normalized spacial score (nSPS) is 12.5. The number of hydrogen-bond acceptors (Lipinski definition) is 4. The van der Waals surface area contributed by atoms with Crippen molar-refractivity contribution in [1.82, 2.24) is 9.97 Å². The van der Waals surface area contributed by atoms with E-state index in [0.717, 1.165) is 11.4 Å². The molecule has 1 aromatic heterocycles. The van der Waals surface area contributed by atoms with Gasteiger partial charge in [-0.1, -0.05) is 13.8 Å². The zero-order valence-electron chi connectivity index (χ0n) is 9.23. The molecule has 15 heavy (non-hydrogen) atoms. The second-order valence-electron chi connectivity index (χ2n) is 3.81. The number of nitrogens with zero attached hydrogens (tertiary/aromatic N) is 3. The van der Waals surface area contributed by atoms with Gasteiger partial charge in [0, 0.05) is 11.4 Å². The van der Waals surface area contributed by atoms with Crippen molar-refractivity contribution >= 4 is 0 Å². The van der Waals surface area contributed by atoms with Crippen molar-refractivity contribution in [1.29, 1.82) is 5.26 Å². The Morgan fingerprint density at radius 1 is 1.47 bits per heavy atom. The van der Waals surface area contributed by atoms with Crippen molar-refractivity contribution in [3.05, 3.63) is 23.3 Å². The highest BCUT2D eigenvalue weighted by Gasteiger charge is 2.14. The molecule has 1 heterocycles. The van der Waals surface area contributed by atoms with Crippen LogP contribution in [0.4, 0.5) is 0 Å². The molecule has 0 aromatic carbocycles. The van der Waals surface area contributed by atoms with Gasteiger partial charge in [0.15, 0.2) is 0 Å². The maximum absolute atomic E-state index is 9.00. The van der Waals surface area contributed by atoms with Crippen molar-refractivity contribution in [2.75, 3.05) is 6.61 Å². The quantitative estimate of drug-likeness (QED) is 0.812. The Bertz CT molecular complexity index is 382. The molecule has 0 radical (unpaired) electrons. The molecule has 1 unspecified atom stereocenters. The maximum Gasteiger partial charge on any atom is 0.148 e. The van der Waals surface area contributed by atoms with E-state index < -0.39 is 5.92 Å². The van der Waals surface area contributed by atoms with Gasteiger partial charge in [-0.25, -0.2) is 9.97 Å². The van der Waals surface area contributed by atoms with Gasteiger partial charge >= 0.3 is 0 Å². The van der Waals surface area contributed by atoms with Crippen LogP contribution in [0.2, 0.25) is 0 Å². The van der Waals surface area contributed by atoms with E-state index in [2.05, 4.69) is 9.97 Å². The highest BCUT2D eigenvalue weighted by atomic mass is 16.3. The summed E-state index contributed by atoms with van der Waals surface area (Å²) in [6.07, 6.45) is 0. The van der Waals surface area contributed by atoms with Crippen molar-refractivity contribution in [2.45, 2.75) is 32.6 Å². The number of nitriles is 1. The fourth-order valence-electron chi connectivity index (χ4n) is 1.25. The Labute approximate surface area is 89.6 Å². The molecule has 80 valence electrons. The SMILES string of the molecule is Cc1cc(C(C)C)nc(C(C#N)CO)n1. The summed E-state index contributed by atoms with van der Waals surface area (Å²) in [4.78, 5) is 8.45. The van der Waals surface area contributed by atoms with E-state index in [0.29, 0.717) is 11.7 Å². The number of aromatic nitrogens is 2. The van der Waals surface area contributed by atoms with Gasteiger partial charge in [-0.05, 0) is 18.9 Å². The van der Waals surface area contributed by atoms with Crippen LogP contribution in [0.5, 0.6) is 0 Å². The van der Waals surface area contributed by atoms with Crippen molar-refractivity contribution in [2.24, 2.45) is 0 Å². The molecular weight excluding hydrogens is 190 g/mol. The Balaban J connectivity index is 3.14. The monoisotopic (exact) mass is 205 g/mol. The summed E-state index contributed by atoms with van der Waals surface area (Å²) in [5.74, 6) is 0.0922. The standard InChI is InChI=1S/C11H15N3O/c1-7(2)10-4-8(3)13-11(14-10)9(5-12)6-15/h4,7,9,15H,6H2,1-3H3. The average Bonchev–Trinajstić information content (AvgIpc) is 2.18. The third-order valence-electron chi connectivity index (χ3n) is 2.13. The molecule has 4 nitrogen and oxygen atoms in total. The van der Waals surface area contributed by atoms with Gasteiger partial charge in [0.05, 0.1) is 12.7 Å². The molecule has 0 spiro atoms. The number of rotatable bonds is 3. The Morgan fingerprint density at radius 3 is 2.60 bits per heavy atom. The molecule has 1 aromatic rings. The first-order valence-electron chi connectivity index (χ1n) is 4.94. The Hall–Kier alpha value is -1.47. The van der Waals surface area contributed by atoms with Gasteiger partial charge in [0.1, 0.15) is 11.7 Å². The van der Waals surface area contributed by atoms with Gasteiger partial charge in [-0.3, -0.25) is 0 Å². The summed E-state index contributed by atoms with van der Waals surface area (Å²) in [5, 5.41) is 17.8. The predicted molar refractivity (Wildman–Crippen MR) is 56.3 cm³/mol. The summed E-state index contributed by atoms with van der Waals surface area (Å²) in [7, 11) is 0. The zero-order valence-corrected chi connectivity index (χ0v) is 9.23. The van der Waals surface area contributed by atoms with Gasteiger partial charge in [0.2, 0.25) is 0 Å². The van der Waals surface area contributed by atoms with Gasteiger partial charge in [0.25, 0.3) is 0 Å². The minimum Gasteiger partial charge on any atom is -0.395 e. The molecule has 0 amide bonds. The van der Waals surface area contributed by atoms with Crippen LogP contribution >= 0.6 is 0 Å². The molecule has 0 saturated carbocycles. The van der Waals surface area contributed by atoms with Crippen LogP contribution in [0.25, 0.3) is 0 Å². The summed E-state index contributed by atoms with van der Waals surface area (Å²) >= 11 is 0. The number of hydrogen-bond donors (Lipinski definition) is 1. The second-order valence-corrected chi connectivity index (χ2v) is 3.81. The van der Waals surface area contributed by atoms with Crippen LogP contribution in [-0.2, 0) is 0 Å². The average molecular weight is 205 g/mol. The Kier molecular flexibility index (Phi) is 3.75. The molecule has 4 heteroatoms. The number of aliphatic hydroxyl groups excluding tert-OH is 1. The minimum absolute atomic E-state index is 0.239. The number of aliphatic hydroxyl groups is 1. The number of aryl methyl sites for hydroxylation is 1. The van der Waals surface area contributed by atoms with Crippen molar-refractivity contribution in [3.8, 4) is 6.07 Å². The lowest BCUT2D eigenvalue weighted by Crippen LogP contribution is -2.10. The second kappa shape index (κ2) is 4.85. The van der Waals surface area contributed by atoms with Crippen LogP contribution in [0, 0.1) is 18.3 Å². The van der Waals surface area contributed by atoms with Crippen molar-refractivity contribution in [3.63, 3.8) is 0 Å². The van der Waals surface area contributed by atoms with Gasteiger partial charge < -0.3 is 5.11 Å². The first kappa shape index (κ1) is 11.6. The summed E-state index contributed by atoms with van der Waals surface area (Å²) in [6, 6.07) is 3.89. The fourth-order valence-corrected chi connectivity index (χ4v) is 1.25. The van der Waals surface area contributed by atoms with E-state index in [9.17, 15) is 0 Å². The van der Waals surface area contributed by atoms with E-state index >= 15 is 0 Å². The molecule has 0 bridgehead atoms. The predicted octanol–water partition coefficient (Wildman–Crippen LogP) is 1.51. The van der Waals surface area contributed by atoms with E-state index in [1.54, 1.807) is 0 Å². The minimum atomic E-state index is -0.623. The third-order valence-corrected chi connectivity index (χ3v) is 2.13.